The van der Waals surface area contributed by atoms with Gasteiger partial charge in [0.05, 0.1) is 17.1 Å². The van der Waals surface area contributed by atoms with Gasteiger partial charge in [0.25, 0.3) is 0 Å². The number of hydrogen-bond acceptors (Lipinski definition) is 4. The lowest BCUT2D eigenvalue weighted by molar-refractivity contribution is 0.265. The molecule has 0 unspecified atom stereocenters. The lowest BCUT2D eigenvalue weighted by Crippen LogP contribution is -2.24. The fraction of sp³-hybridized carbons (Fsp3) is 0.286. The van der Waals surface area contributed by atoms with Gasteiger partial charge in [-0.15, -0.1) is 0 Å². The predicted octanol–water partition coefficient (Wildman–Crippen LogP) is 2.08. The third-order valence-electron chi connectivity index (χ3n) is 2.86. The predicted molar refractivity (Wildman–Crippen MR) is 72.7 cm³/mol. The zero-order chi connectivity index (χ0) is 12.8. The highest BCUT2D eigenvalue weighted by Gasteiger charge is 2.08. The maximum atomic E-state index is 5.91. The van der Waals surface area contributed by atoms with E-state index >= 15 is 0 Å². The number of nitrogens with zero attached hydrogens (tertiary/aromatic N) is 3. The summed E-state index contributed by atoms with van der Waals surface area (Å²) in [5.41, 5.74) is 8.65. The molecule has 0 saturated heterocycles. The van der Waals surface area contributed by atoms with Crippen LogP contribution < -0.4 is 5.73 Å². The van der Waals surface area contributed by atoms with Crippen LogP contribution in [-0.4, -0.2) is 21.4 Å². The molecule has 2 rings (SSSR count). The highest BCUT2D eigenvalue weighted by atomic mass is 15.1. The number of pyridine rings is 2. The van der Waals surface area contributed by atoms with Gasteiger partial charge in [0.2, 0.25) is 0 Å². The lowest BCUT2D eigenvalue weighted by atomic mass is 10.2. The van der Waals surface area contributed by atoms with Crippen molar-refractivity contribution < 1.29 is 0 Å². The minimum atomic E-state index is 0.747. The fourth-order valence-electron chi connectivity index (χ4n) is 1.79. The molecule has 0 aliphatic heterocycles. The molecule has 0 saturated carbocycles. The molecule has 0 amide bonds. The van der Waals surface area contributed by atoms with E-state index in [1.54, 1.807) is 6.20 Å². The molecule has 4 nitrogen and oxygen atoms in total. The highest BCUT2D eigenvalue weighted by molar-refractivity contribution is 5.41. The number of nitrogen functional groups attached to an aromatic ring is 1. The van der Waals surface area contributed by atoms with Crippen molar-refractivity contribution in [1.29, 1.82) is 0 Å². The third-order valence-corrected chi connectivity index (χ3v) is 2.86. The summed E-state index contributed by atoms with van der Waals surface area (Å²) in [6, 6.07) is 9.71. The molecule has 2 N–H and O–H groups in total. The van der Waals surface area contributed by atoms with Gasteiger partial charge in [-0.2, -0.15) is 0 Å². The van der Waals surface area contributed by atoms with Crippen molar-refractivity contribution in [2.24, 2.45) is 0 Å². The Bertz CT molecular complexity index is 484. The molecule has 0 spiro atoms. The normalized spacial score (nSPS) is 10.8. The zero-order valence-electron chi connectivity index (χ0n) is 10.6. The van der Waals surface area contributed by atoms with Crippen molar-refractivity contribution in [3.05, 3.63) is 54.1 Å². The van der Waals surface area contributed by atoms with Crippen LogP contribution in [0.5, 0.6) is 0 Å². The Hall–Kier alpha value is -1.94. The van der Waals surface area contributed by atoms with Crippen molar-refractivity contribution in [3.63, 3.8) is 0 Å². The van der Waals surface area contributed by atoms with Crippen LogP contribution in [0.3, 0.4) is 0 Å². The number of hydrogen-bond donors (Lipinski definition) is 1. The molecule has 0 atom stereocenters. The average Bonchev–Trinajstić information content (AvgIpc) is 2.41. The minimum Gasteiger partial charge on any atom is -0.397 e. The minimum absolute atomic E-state index is 0.747. The topological polar surface area (TPSA) is 55.0 Å². The molecule has 0 fully saturated rings. The molecule has 4 heteroatoms. The summed E-state index contributed by atoms with van der Waals surface area (Å²) in [5.74, 6) is 0. The molecule has 0 radical (unpaired) electrons. The summed E-state index contributed by atoms with van der Waals surface area (Å²) in [5, 5.41) is 0. The average molecular weight is 242 g/mol. The molecular weight excluding hydrogens is 224 g/mol. The van der Waals surface area contributed by atoms with E-state index in [1.807, 2.05) is 36.5 Å². The Labute approximate surface area is 107 Å². The molecule has 2 aromatic heterocycles. The Morgan fingerprint density at radius 3 is 2.56 bits per heavy atom. The maximum absolute atomic E-state index is 5.91. The first-order valence-electron chi connectivity index (χ1n) is 6.11. The van der Waals surface area contributed by atoms with Crippen LogP contribution in [0.25, 0.3) is 0 Å². The Morgan fingerprint density at radius 2 is 1.89 bits per heavy atom. The molecule has 94 valence electrons. The SMILES string of the molecule is CCN(Cc1ccccn1)Cc1ncccc1N. The van der Waals surface area contributed by atoms with E-state index in [2.05, 4.69) is 21.8 Å². The van der Waals surface area contributed by atoms with E-state index in [1.165, 1.54) is 0 Å². The molecule has 2 aromatic rings. The van der Waals surface area contributed by atoms with Gasteiger partial charge >= 0.3 is 0 Å². The smallest absolute Gasteiger partial charge is 0.0772 e. The summed E-state index contributed by atoms with van der Waals surface area (Å²) in [4.78, 5) is 10.9. The van der Waals surface area contributed by atoms with Crippen molar-refractivity contribution in [1.82, 2.24) is 14.9 Å². The van der Waals surface area contributed by atoms with E-state index in [-0.39, 0.29) is 0 Å². The first kappa shape index (κ1) is 12.5. The van der Waals surface area contributed by atoms with Gasteiger partial charge in [0.1, 0.15) is 0 Å². The van der Waals surface area contributed by atoms with Crippen LogP contribution in [0.4, 0.5) is 5.69 Å². The molecule has 18 heavy (non-hydrogen) atoms. The van der Waals surface area contributed by atoms with E-state index in [0.29, 0.717) is 0 Å². The quantitative estimate of drug-likeness (QED) is 0.872. The summed E-state index contributed by atoms with van der Waals surface area (Å²) >= 11 is 0. The summed E-state index contributed by atoms with van der Waals surface area (Å²) < 4.78 is 0. The number of aromatic nitrogens is 2. The fourth-order valence-corrected chi connectivity index (χ4v) is 1.79. The maximum Gasteiger partial charge on any atom is 0.0772 e. The van der Waals surface area contributed by atoms with Gasteiger partial charge in [-0.3, -0.25) is 14.9 Å². The summed E-state index contributed by atoms with van der Waals surface area (Å²) in [6.07, 6.45) is 3.60. The van der Waals surface area contributed by atoms with E-state index in [4.69, 9.17) is 5.73 Å². The van der Waals surface area contributed by atoms with E-state index < -0.39 is 0 Å². The van der Waals surface area contributed by atoms with Crippen molar-refractivity contribution in [2.45, 2.75) is 20.0 Å². The largest absolute Gasteiger partial charge is 0.397 e. The summed E-state index contributed by atoms with van der Waals surface area (Å²) in [6.45, 7) is 4.63. The Balaban J connectivity index is 2.04. The number of rotatable bonds is 5. The molecular formula is C14H18N4. The second-order valence-electron chi connectivity index (χ2n) is 4.16. The van der Waals surface area contributed by atoms with Crippen molar-refractivity contribution >= 4 is 5.69 Å². The van der Waals surface area contributed by atoms with E-state index in [9.17, 15) is 0 Å². The highest BCUT2D eigenvalue weighted by Crippen LogP contribution is 2.11. The molecule has 0 aromatic carbocycles. The van der Waals surface area contributed by atoms with Crippen LogP contribution in [0, 0.1) is 0 Å². The van der Waals surface area contributed by atoms with Gasteiger partial charge in [-0.1, -0.05) is 13.0 Å². The van der Waals surface area contributed by atoms with Crippen LogP contribution in [0.15, 0.2) is 42.7 Å². The molecule has 2 heterocycles. The van der Waals surface area contributed by atoms with Crippen molar-refractivity contribution in [2.75, 3.05) is 12.3 Å². The monoisotopic (exact) mass is 242 g/mol. The lowest BCUT2D eigenvalue weighted by Gasteiger charge is -2.20. The number of anilines is 1. The molecule has 0 aliphatic carbocycles. The second kappa shape index (κ2) is 6.12. The van der Waals surface area contributed by atoms with Gasteiger partial charge < -0.3 is 5.73 Å². The number of nitrogens with two attached hydrogens (primary N) is 1. The first-order valence-corrected chi connectivity index (χ1v) is 6.11. The standard InChI is InChI=1S/C14H18N4/c1-2-18(10-12-6-3-4-8-16-12)11-14-13(15)7-5-9-17-14/h3-9H,2,10-11,15H2,1H3. The second-order valence-corrected chi connectivity index (χ2v) is 4.16. The zero-order valence-corrected chi connectivity index (χ0v) is 10.6. The third kappa shape index (κ3) is 3.28. The Morgan fingerprint density at radius 1 is 1.06 bits per heavy atom. The van der Waals surface area contributed by atoms with Gasteiger partial charge in [0, 0.05) is 25.5 Å². The molecule has 0 aliphatic rings. The van der Waals surface area contributed by atoms with Gasteiger partial charge in [-0.05, 0) is 30.8 Å². The van der Waals surface area contributed by atoms with E-state index in [0.717, 1.165) is 36.7 Å². The Kier molecular flexibility index (Phi) is 4.25. The molecule has 0 bridgehead atoms. The van der Waals surface area contributed by atoms with Crippen LogP contribution >= 0.6 is 0 Å². The first-order chi connectivity index (χ1) is 8.79. The van der Waals surface area contributed by atoms with Crippen LogP contribution in [-0.2, 0) is 13.1 Å². The van der Waals surface area contributed by atoms with Gasteiger partial charge in [-0.25, -0.2) is 0 Å². The van der Waals surface area contributed by atoms with Gasteiger partial charge in [0.15, 0.2) is 0 Å². The van der Waals surface area contributed by atoms with Crippen molar-refractivity contribution in [3.8, 4) is 0 Å². The van der Waals surface area contributed by atoms with Crippen LogP contribution in [0.1, 0.15) is 18.3 Å². The summed E-state index contributed by atoms with van der Waals surface area (Å²) in [7, 11) is 0. The van der Waals surface area contributed by atoms with Crippen LogP contribution in [0.2, 0.25) is 0 Å².